The molecule has 1 amide bonds. The average molecular weight is 521 g/mol. The minimum Gasteiger partial charge on any atom is -0.490 e. The van der Waals surface area contributed by atoms with Gasteiger partial charge in [-0.1, -0.05) is 24.3 Å². The first-order valence-corrected chi connectivity index (χ1v) is 14.1. The van der Waals surface area contributed by atoms with Gasteiger partial charge in [-0.2, -0.15) is 0 Å². The van der Waals surface area contributed by atoms with Gasteiger partial charge in [0.05, 0.1) is 36.6 Å². The standard InChI is InChI=1S/C30H40N4O4/c1-31-14-15-34(19-25(35)18-32-11-8-22-4-2-3-5-23(22)17-32)30(36)28-7-6-27(16-29(28)31)38-26-9-12-33(13-10-26)24-20-37-21-24/h2-7,16,24-26,35H,8-15,17-21H2,1H3. The molecule has 4 heterocycles. The number of hydrogen-bond acceptors (Lipinski definition) is 7. The molecular formula is C30H40N4O4. The largest absolute Gasteiger partial charge is 0.490 e. The molecule has 2 aromatic carbocycles. The van der Waals surface area contributed by atoms with Gasteiger partial charge >= 0.3 is 0 Å². The Balaban J connectivity index is 1.06. The smallest absolute Gasteiger partial charge is 0.256 e. The third-order valence-electron chi connectivity index (χ3n) is 8.63. The summed E-state index contributed by atoms with van der Waals surface area (Å²) in [5.74, 6) is 0.808. The number of aliphatic hydroxyl groups excluding tert-OH is 1. The highest BCUT2D eigenvalue weighted by atomic mass is 16.5. The summed E-state index contributed by atoms with van der Waals surface area (Å²) < 4.78 is 11.7. The van der Waals surface area contributed by atoms with Crippen LogP contribution in [-0.4, -0.2) is 110 Å². The topological polar surface area (TPSA) is 68.7 Å². The third-order valence-corrected chi connectivity index (χ3v) is 8.63. The molecule has 8 heteroatoms. The molecule has 2 aromatic rings. The van der Waals surface area contributed by atoms with Crippen molar-refractivity contribution < 1.29 is 19.4 Å². The summed E-state index contributed by atoms with van der Waals surface area (Å²) in [6, 6.07) is 15.0. The molecule has 1 N–H and O–H groups in total. The van der Waals surface area contributed by atoms with Gasteiger partial charge in [0.25, 0.3) is 5.91 Å². The third kappa shape index (κ3) is 5.54. The van der Waals surface area contributed by atoms with E-state index in [2.05, 4.69) is 39.0 Å². The second-order valence-electron chi connectivity index (χ2n) is 11.3. The Morgan fingerprint density at radius 3 is 2.55 bits per heavy atom. The van der Waals surface area contributed by atoms with Gasteiger partial charge < -0.3 is 24.4 Å². The normalized spacial score (nSPS) is 22.4. The number of aliphatic hydroxyl groups is 1. The Labute approximate surface area is 225 Å². The second-order valence-corrected chi connectivity index (χ2v) is 11.3. The number of fused-ring (bicyclic) bond motifs is 2. The Bertz CT molecular complexity index is 1130. The van der Waals surface area contributed by atoms with Crippen LogP contribution >= 0.6 is 0 Å². The van der Waals surface area contributed by atoms with Crippen molar-refractivity contribution >= 4 is 11.6 Å². The Morgan fingerprint density at radius 1 is 1.00 bits per heavy atom. The van der Waals surface area contributed by atoms with E-state index in [4.69, 9.17) is 9.47 Å². The van der Waals surface area contributed by atoms with Crippen LogP contribution < -0.4 is 9.64 Å². The first-order chi connectivity index (χ1) is 18.5. The number of nitrogens with zero attached hydrogens (tertiary/aromatic N) is 4. The fraction of sp³-hybridized carbons (Fsp3) is 0.567. The van der Waals surface area contributed by atoms with Gasteiger partial charge in [-0.15, -0.1) is 0 Å². The lowest BCUT2D eigenvalue weighted by Gasteiger charge is -2.41. The molecule has 0 bridgehead atoms. The van der Waals surface area contributed by atoms with Crippen molar-refractivity contribution in [2.24, 2.45) is 0 Å². The van der Waals surface area contributed by atoms with Crippen molar-refractivity contribution in [3.05, 3.63) is 59.2 Å². The van der Waals surface area contributed by atoms with E-state index < -0.39 is 6.10 Å². The maximum atomic E-state index is 13.5. The zero-order chi connectivity index (χ0) is 26.1. The number of hydrogen-bond donors (Lipinski definition) is 1. The molecule has 0 aromatic heterocycles. The van der Waals surface area contributed by atoms with E-state index in [0.29, 0.717) is 37.8 Å². The molecule has 1 unspecified atom stereocenters. The van der Waals surface area contributed by atoms with Crippen LogP contribution in [0.3, 0.4) is 0 Å². The number of amides is 1. The van der Waals surface area contributed by atoms with Crippen LogP contribution in [0.5, 0.6) is 5.75 Å². The van der Waals surface area contributed by atoms with Crippen LogP contribution in [0, 0.1) is 0 Å². The molecular weight excluding hydrogens is 480 g/mol. The summed E-state index contributed by atoms with van der Waals surface area (Å²) in [6.07, 6.45) is 2.64. The SMILES string of the molecule is CN1CCN(CC(O)CN2CCc3ccccc3C2)C(=O)c2ccc(OC3CCN(C4COC4)CC3)cc21. The van der Waals surface area contributed by atoms with E-state index in [9.17, 15) is 9.90 Å². The highest BCUT2D eigenvalue weighted by Gasteiger charge is 2.31. The fourth-order valence-corrected chi connectivity index (χ4v) is 6.22. The number of likely N-dealkylation sites (N-methyl/N-ethyl adjacent to an activating group) is 1. The monoisotopic (exact) mass is 520 g/mol. The molecule has 8 nitrogen and oxygen atoms in total. The minimum absolute atomic E-state index is 0.0186. The lowest BCUT2D eigenvalue weighted by atomic mass is 10.00. The number of ether oxygens (including phenoxy) is 2. The molecule has 2 fully saturated rings. The number of rotatable bonds is 7. The Kier molecular flexibility index (Phi) is 7.56. The zero-order valence-electron chi connectivity index (χ0n) is 22.4. The van der Waals surface area contributed by atoms with E-state index in [1.165, 1.54) is 11.1 Å². The maximum absolute atomic E-state index is 13.5. The van der Waals surface area contributed by atoms with Crippen LogP contribution in [-0.2, 0) is 17.7 Å². The van der Waals surface area contributed by atoms with Gasteiger partial charge in [-0.05, 0) is 42.5 Å². The number of carbonyl (C=O) groups is 1. The highest BCUT2D eigenvalue weighted by molar-refractivity contribution is 6.00. The van der Waals surface area contributed by atoms with Crippen LogP contribution in [0.15, 0.2) is 42.5 Å². The molecule has 0 saturated carbocycles. The van der Waals surface area contributed by atoms with Crippen molar-refractivity contribution in [3.63, 3.8) is 0 Å². The number of β-amino-alcohol motifs (C(OH)–C–C–N with tert-alkyl or cyclic N) is 1. The average Bonchev–Trinajstić information content (AvgIpc) is 3.01. The van der Waals surface area contributed by atoms with E-state index in [0.717, 1.165) is 70.1 Å². The summed E-state index contributed by atoms with van der Waals surface area (Å²) in [7, 11) is 2.03. The highest BCUT2D eigenvalue weighted by Crippen LogP contribution is 2.31. The van der Waals surface area contributed by atoms with Gasteiger partial charge in [-0.3, -0.25) is 14.6 Å². The van der Waals surface area contributed by atoms with Gasteiger partial charge in [0.2, 0.25) is 0 Å². The number of piperidine rings is 1. The summed E-state index contributed by atoms with van der Waals surface area (Å²) in [5.41, 5.74) is 4.32. The molecule has 1 atom stereocenters. The lowest BCUT2D eigenvalue weighted by Crippen LogP contribution is -2.52. The molecule has 0 radical (unpaired) electrons. The van der Waals surface area contributed by atoms with E-state index >= 15 is 0 Å². The molecule has 0 aliphatic carbocycles. The van der Waals surface area contributed by atoms with Crippen LogP contribution in [0.4, 0.5) is 5.69 Å². The number of anilines is 1. The fourth-order valence-electron chi connectivity index (χ4n) is 6.22. The van der Waals surface area contributed by atoms with Crippen LogP contribution in [0.1, 0.15) is 34.3 Å². The van der Waals surface area contributed by atoms with Crippen LogP contribution in [0.25, 0.3) is 0 Å². The number of likely N-dealkylation sites (tertiary alicyclic amines) is 1. The maximum Gasteiger partial charge on any atom is 0.256 e. The molecule has 38 heavy (non-hydrogen) atoms. The molecule has 4 aliphatic heterocycles. The Morgan fingerprint density at radius 2 is 1.79 bits per heavy atom. The number of carbonyl (C=O) groups excluding carboxylic acids is 1. The van der Waals surface area contributed by atoms with Gasteiger partial charge in [0.1, 0.15) is 11.9 Å². The van der Waals surface area contributed by atoms with Gasteiger partial charge in [0, 0.05) is 65.5 Å². The molecule has 204 valence electrons. The predicted molar refractivity (Wildman–Crippen MR) is 147 cm³/mol. The van der Waals surface area contributed by atoms with E-state index in [1.54, 1.807) is 0 Å². The zero-order valence-corrected chi connectivity index (χ0v) is 22.4. The van der Waals surface area contributed by atoms with Crippen molar-refractivity contribution in [3.8, 4) is 5.75 Å². The van der Waals surface area contributed by atoms with Crippen molar-refractivity contribution in [2.45, 2.75) is 44.1 Å². The second kappa shape index (κ2) is 11.2. The van der Waals surface area contributed by atoms with Crippen molar-refractivity contribution in [1.29, 1.82) is 0 Å². The first kappa shape index (κ1) is 25.6. The van der Waals surface area contributed by atoms with Crippen LogP contribution in [0.2, 0.25) is 0 Å². The molecule has 6 rings (SSSR count). The lowest BCUT2D eigenvalue weighted by molar-refractivity contribution is -0.0778. The Hall–Kier alpha value is -2.65. The van der Waals surface area contributed by atoms with Crippen molar-refractivity contribution in [2.75, 3.05) is 71.0 Å². The molecule has 4 aliphatic rings. The summed E-state index contributed by atoms with van der Waals surface area (Å²) in [4.78, 5) is 22.3. The van der Waals surface area contributed by atoms with Gasteiger partial charge in [0.15, 0.2) is 0 Å². The quantitative estimate of drug-likeness (QED) is 0.601. The summed E-state index contributed by atoms with van der Waals surface area (Å²) in [5, 5.41) is 10.9. The van der Waals surface area contributed by atoms with Gasteiger partial charge in [-0.25, -0.2) is 0 Å². The number of benzene rings is 2. The van der Waals surface area contributed by atoms with E-state index in [-0.39, 0.29) is 12.0 Å². The summed E-state index contributed by atoms with van der Waals surface area (Å²) in [6.45, 7) is 7.81. The van der Waals surface area contributed by atoms with Crippen molar-refractivity contribution in [1.82, 2.24) is 14.7 Å². The summed E-state index contributed by atoms with van der Waals surface area (Å²) >= 11 is 0. The minimum atomic E-state index is -0.587. The molecule has 0 spiro atoms. The molecule has 2 saturated heterocycles. The van der Waals surface area contributed by atoms with E-state index in [1.807, 2.05) is 30.1 Å². The predicted octanol–water partition coefficient (Wildman–Crippen LogP) is 2.24. The first-order valence-electron chi connectivity index (χ1n) is 14.1.